The topological polar surface area (TPSA) is 48.1 Å². The van der Waals surface area contributed by atoms with Crippen LogP contribution in [0.5, 0.6) is 0 Å². The quantitative estimate of drug-likeness (QED) is 0.793. The van der Waals surface area contributed by atoms with Gasteiger partial charge in [-0.3, -0.25) is 4.31 Å². The zero-order valence-electron chi connectivity index (χ0n) is 14.2. The molecular formula is C17H23F2N5S. The van der Waals surface area contributed by atoms with E-state index in [1.165, 1.54) is 0 Å². The van der Waals surface area contributed by atoms with Gasteiger partial charge in [0.15, 0.2) is 0 Å². The first-order valence-corrected chi connectivity index (χ1v) is 9.73. The number of hydrogen-bond acceptors (Lipinski definition) is 5. The Morgan fingerprint density at radius 2 is 2.24 bits per heavy atom. The SMILES string of the molecule is CN(c1ncnc2[nH]ccc12)C1CC(CSN2CCC(C(F)F)C2)C1. The molecule has 136 valence electrons. The Morgan fingerprint density at radius 1 is 1.40 bits per heavy atom. The maximum atomic E-state index is 12.7. The predicted octanol–water partition coefficient (Wildman–Crippen LogP) is 3.41. The molecule has 1 unspecified atom stereocenters. The molecule has 1 N–H and O–H groups in total. The van der Waals surface area contributed by atoms with Crippen molar-refractivity contribution in [1.82, 2.24) is 19.3 Å². The van der Waals surface area contributed by atoms with Crippen molar-refractivity contribution in [3.8, 4) is 0 Å². The summed E-state index contributed by atoms with van der Waals surface area (Å²) in [5.74, 6) is 2.23. The summed E-state index contributed by atoms with van der Waals surface area (Å²) in [5, 5.41) is 1.05. The Morgan fingerprint density at radius 3 is 3.00 bits per heavy atom. The standard InChI is InChI=1S/C17H23F2N5S/c1-23(17-14-2-4-20-16(14)21-10-22-17)13-6-11(7-13)9-25-24-5-3-12(8-24)15(18)19/h2,4,10-13,15H,3,5-9H2,1H3,(H,20,21,22). The molecule has 2 aromatic rings. The van der Waals surface area contributed by atoms with Crippen LogP contribution in [0.25, 0.3) is 11.0 Å². The lowest BCUT2D eigenvalue weighted by Gasteiger charge is -2.42. The number of hydrogen-bond donors (Lipinski definition) is 1. The highest BCUT2D eigenvalue weighted by atomic mass is 32.2. The summed E-state index contributed by atoms with van der Waals surface area (Å²) < 4.78 is 27.6. The Kier molecular flexibility index (Phi) is 4.82. The first kappa shape index (κ1) is 17.0. The number of aromatic nitrogens is 3. The average molecular weight is 367 g/mol. The summed E-state index contributed by atoms with van der Waals surface area (Å²) in [7, 11) is 2.09. The van der Waals surface area contributed by atoms with E-state index in [0.717, 1.165) is 42.0 Å². The van der Waals surface area contributed by atoms with Gasteiger partial charge >= 0.3 is 0 Å². The molecule has 0 amide bonds. The molecule has 1 aliphatic carbocycles. The lowest BCUT2D eigenvalue weighted by molar-refractivity contribution is 0.0849. The third-order valence-electron chi connectivity index (χ3n) is 5.46. The molecule has 1 saturated heterocycles. The second-order valence-corrected chi connectivity index (χ2v) is 8.21. The third kappa shape index (κ3) is 3.46. The molecule has 8 heteroatoms. The minimum atomic E-state index is -2.18. The van der Waals surface area contributed by atoms with Gasteiger partial charge in [0.1, 0.15) is 17.8 Å². The fraction of sp³-hybridized carbons (Fsp3) is 0.647. The van der Waals surface area contributed by atoms with Crippen LogP contribution in [0.1, 0.15) is 19.3 Å². The second kappa shape index (κ2) is 7.07. The molecule has 5 nitrogen and oxygen atoms in total. The summed E-state index contributed by atoms with van der Waals surface area (Å²) in [5.41, 5.74) is 0.867. The molecule has 1 atom stereocenters. The van der Waals surface area contributed by atoms with Crippen molar-refractivity contribution < 1.29 is 8.78 Å². The van der Waals surface area contributed by atoms with Crippen molar-refractivity contribution in [3.05, 3.63) is 18.6 Å². The van der Waals surface area contributed by atoms with E-state index in [0.29, 0.717) is 24.9 Å². The molecule has 2 aliphatic rings. The Hall–Kier alpha value is -1.41. The molecule has 1 aliphatic heterocycles. The number of nitrogens with zero attached hydrogens (tertiary/aromatic N) is 4. The lowest BCUT2D eigenvalue weighted by atomic mass is 9.81. The summed E-state index contributed by atoms with van der Waals surface area (Å²) in [6, 6.07) is 2.51. The van der Waals surface area contributed by atoms with E-state index in [9.17, 15) is 8.78 Å². The monoisotopic (exact) mass is 367 g/mol. The van der Waals surface area contributed by atoms with Gasteiger partial charge in [0, 0.05) is 44.0 Å². The number of halogens is 2. The Balaban J connectivity index is 1.26. The molecule has 2 aromatic heterocycles. The first-order valence-electron chi connectivity index (χ1n) is 8.78. The van der Waals surface area contributed by atoms with E-state index < -0.39 is 12.3 Å². The van der Waals surface area contributed by atoms with E-state index in [1.807, 2.05) is 12.3 Å². The fourth-order valence-electron chi connectivity index (χ4n) is 3.75. The molecule has 1 saturated carbocycles. The third-order valence-corrected chi connectivity index (χ3v) is 6.78. The Labute approximate surface area is 150 Å². The van der Waals surface area contributed by atoms with Crippen LogP contribution in [-0.4, -0.2) is 57.6 Å². The van der Waals surface area contributed by atoms with E-state index in [-0.39, 0.29) is 0 Å². The van der Waals surface area contributed by atoms with Gasteiger partial charge in [-0.2, -0.15) is 0 Å². The molecule has 0 spiro atoms. The molecule has 2 fully saturated rings. The highest BCUT2D eigenvalue weighted by Gasteiger charge is 2.35. The number of alkyl halides is 2. The Bertz CT molecular complexity index is 718. The average Bonchev–Trinajstić information content (AvgIpc) is 3.21. The zero-order chi connectivity index (χ0) is 17.4. The molecule has 0 bridgehead atoms. The largest absolute Gasteiger partial charge is 0.356 e. The van der Waals surface area contributed by atoms with Crippen molar-refractivity contribution in [2.24, 2.45) is 11.8 Å². The van der Waals surface area contributed by atoms with Crippen molar-refractivity contribution in [2.45, 2.75) is 31.7 Å². The molecule has 0 aromatic carbocycles. The predicted molar refractivity (Wildman–Crippen MR) is 96.9 cm³/mol. The lowest BCUT2D eigenvalue weighted by Crippen LogP contribution is -2.44. The van der Waals surface area contributed by atoms with Crippen molar-refractivity contribution in [2.75, 3.05) is 30.8 Å². The van der Waals surface area contributed by atoms with Crippen LogP contribution in [0.4, 0.5) is 14.6 Å². The zero-order valence-corrected chi connectivity index (χ0v) is 15.1. The highest BCUT2D eigenvalue weighted by molar-refractivity contribution is 7.97. The van der Waals surface area contributed by atoms with Crippen LogP contribution in [0.15, 0.2) is 18.6 Å². The van der Waals surface area contributed by atoms with Gasteiger partial charge < -0.3 is 9.88 Å². The van der Waals surface area contributed by atoms with E-state index >= 15 is 0 Å². The van der Waals surface area contributed by atoms with E-state index in [1.54, 1.807) is 18.3 Å². The highest BCUT2D eigenvalue weighted by Crippen LogP contribution is 2.38. The maximum absolute atomic E-state index is 12.7. The summed E-state index contributed by atoms with van der Waals surface area (Å²) in [6.07, 6.45) is 4.20. The summed E-state index contributed by atoms with van der Waals surface area (Å²) >= 11 is 1.75. The minimum absolute atomic E-state index is 0.436. The van der Waals surface area contributed by atoms with Gasteiger partial charge in [-0.15, -0.1) is 0 Å². The molecule has 25 heavy (non-hydrogen) atoms. The minimum Gasteiger partial charge on any atom is -0.356 e. The number of fused-ring (bicyclic) bond motifs is 1. The number of anilines is 1. The fourth-order valence-corrected chi connectivity index (χ4v) is 4.98. The summed E-state index contributed by atoms with van der Waals surface area (Å²) in [4.78, 5) is 14.1. The number of nitrogens with one attached hydrogen (secondary N) is 1. The molecular weight excluding hydrogens is 344 g/mol. The van der Waals surface area contributed by atoms with Gasteiger partial charge in [-0.1, -0.05) is 11.9 Å². The molecule has 4 rings (SSSR count). The van der Waals surface area contributed by atoms with Gasteiger partial charge in [0.2, 0.25) is 6.43 Å². The van der Waals surface area contributed by atoms with Crippen LogP contribution in [0.3, 0.4) is 0 Å². The van der Waals surface area contributed by atoms with Crippen LogP contribution in [-0.2, 0) is 0 Å². The van der Waals surface area contributed by atoms with E-state index in [4.69, 9.17) is 0 Å². The first-order chi connectivity index (χ1) is 12.1. The smallest absolute Gasteiger partial charge is 0.242 e. The molecule has 0 radical (unpaired) electrons. The van der Waals surface area contributed by atoms with Gasteiger partial charge in [-0.05, 0) is 31.2 Å². The van der Waals surface area contributed by atoms with Crippen molar-refractivity contribution in [1.29, 1.82) is 0 Å². The summed E-state index contributed by atoms with van der Waals surface area (Å²) in [6.45, 7) is 1.33. The number of rotatable bonds is 6. The molecule has 3 heterocycles. The van der Waals surface area contributed by atoms with Gasteiger partial charge in [0.05, 0.1) is 5.39 Å². The number of aromatic amines is 1. The normalized spacial score (nSPS) is 27.1. The second-order valence-electron chi connectivity index (χ2n) is 7.11. The maximum Gasteiger partial charge on any atom is 0.242 e. The van der Waals surface area contributed by atoms with Gasteiger partial charge in [-0.25, -0.2) is 18.7 Å². The van der Waals surface area contributed by atoms with Crippen molar-refractivity contribution >= 4 is 28.8 Å². The van der Waals surface area contributed by atoms with Gasteiger partial charge in [0.25, 0.3) is 0 Å². The van der Waals surface area contributed by atoms with Crippen LogP contribution in [0.2, 0.25) is 0 Å². The van der Waals surface area contributed by atoms with Crippen molar-refractivity contribution in [3.63, 3.8) is 0 Å². The van der Waals surface area contributed by atoms with Crippen LogP contribution in [0, 0.1) is 11.8 Å². The van der Waals surface area contributed by atoms with E-state index in [2.05, 4.69) is 31.2 Å². The number of H-pyrrole nitrogens is 1. The van der Waals surface area contributed by atoms with Crippen LogP contribution >= 0.6 is 11.9 Å². The van der Waals surface area contributed by atoms with Crippen LogP contribution < -0.4 is 4.90 Å².